The number of ether oxygens (including phenoxy) is 1. The number of carbonyl (C=O) groups is 1. The Balaban J connectivity index is 1.65. The molecule has 29 heavy (non-hydrogen) atoms. The van der Waals surface area contributed by atoms with Crippen LogP contribution in [0.15, 0.2) is 47.3 Å². The average Bonchev–Trinajstić information content (AvgIpc) is 3.35. The minimum atomic E-state index is -4.46. The van der Waals surface area contributed by atoms with Gasteiger partial charge in [-0.3, -0.25) is 14.2 Å². The molecule has 0 radical (unpaired) electrons. The molecule has 0 aliphatic carbocycles. The van der Waals surface area contributed by atoms with E-state index in [9.17, 15) is 22.8 Å². The maximum Gasteiger partial charge on any atom is 0.416 e. The quantitative estimate of drug-likeness (QED) is 0.700. The van der Waals surface area contributed by atoms with Crippen molar-refractivity contribution in [2.75, 3.05) is 13.2 Å². The summed E-state index contributed by atoms with van der Waals surface area (Å²) in [6.07, 6.45) is -2.61. The minimum absolute atomic E-state index is 0.00587. The Bertz CT molecular complexity index is 1090. The van der Waals surface area contributed by atoms with Crippen molar-refractivity contribution < 1.29 is 22.7 Å². The third-order valence-corrected chi connectivity index (χ3v) is 4.89. The molecule has 1 amide bonds. The van der Waals surface area contributed by atoms with Crippen molar-refractivity contribution in [1.29, 1.82) is 0 Å². The SMILES string of the molecule is O=C(NCC1CCCO1)c1cc2ccc(=O)n(-c3ccc(C(F)(F)F)cc3)c2[nH]1. The molecule has 152 valence electrons. The normalized spacial score (nSPS) is 17.0. The number of amides is 1. The third-order valence-electron chi connectivity index (χ3n) is 4.89. The Kier molecular flexibility index (Phi) is 4.91. The number of rotatable bonds is 4. The van der Waals surface area contributed by atoms with Gasteiger partial charge in [-0.2, -0.15) is 13.2 Å². The van der Waals surface area contributed by atoms with Crippen molar-refractivity contribution >= 4 is 16.9 Å². The van der Waals surface area contributed by atoms with Crippen LogP contribution >= 0.6 is 0 Å². The molecule has 6 nitrogen and oxygen atoms in total. The fourth-order valence-corrected chi connectivity index (χ4v) is 3.40. The van der Waals surface area contributed by atoms with Crippen molar-refractivity contribution in [3.63, 3.8) is 0 Å². The van der Waals surface area contributed by atoms with E-state index in [1.807, 2.05) is 0 Å². The second kappa shape index (κ2) is 7.40. The summed E-state index contributed by atoms with van der Waals surface area (Å²) in [4.78, 5) is 27.8. The number of nitrogens with one attached hydrogen (secondary N) is 2. The van der Waals surface area contributed by atoms with Crippen LogP contribution < -0.4 is 10.9 Å². The highest BCUT2D eigenvalue weighted by atomic mass is 19.4. The summed E-state index contributed by atoms with van der Waals surface area (Å²) in [5, 5.41) is 3.38. The molecule has 1 atom stereocenters. The molecule has 0 saturated carbocycles. The summed E-state index contributed by atoms with van der Waals surface area (Å²) in [6, 6.07) is 8.74. The van der Waals surface area contributed by atoms with Gasteiger partial charge < -0.3 is 15.0 Å². The van der Waals surface area contributed by atoms with Crippen LogP contribution in [0.25, 0.3) is 16.7 Å². The molecule has 1 aliphatic rings. The number of nitrogens with zero attached hydrogens (tertiary/aromatic N) is 1. The molecule has 1 aliphatic heterocycles. The maximum absolute atomic E-state index is 12.8. The maximum atomic E-state index is 12.8. The van der Waals surface area contributed by atoms with Crippen LogP contribution in [0.5, 0.6) is 0 Å². The molecule has 1 aromatic carbocycles. The molecule has 0 spiro atoms. The number of hydrogen-bond donors (Lipinski definition) is 2. The molecule has 1 unspecified atom stereocenters. The van der Waals surface area contributed by atoms with Gasteiger partial charge in [-0.15, -0.1) is 0 Å². The van der Waals surface area contributed by atoms with Crippen LogP contribution in [0.1, 0.15) is 28.9 Å². The van der Waals surface area contributed by atoms with Gasteiger partial charge in [-0.25, -0.2) is 0 Å². The standard InChI is InChI=1S/C20H18F3N3O3/c21-20(22,23)13-4-6-14(7-5-13)26-17(27)8-3-12-10-16(25-18(12)26)19(28)24-11-15-2-1-9-29-15/h3-8,10,15,25H,1-2,9,11H2,(H,24,28). The smallest absolute Gasteiger partial charge is 0.376 e. The Morgan fingerprint density at radius 3 is 2.62 bits per heavy atom. The topological polar surface area (TPSA) is 76.1 Å². The molecular weight excluding hydrogens is 387 g/mol. The Hall–Kier alpha value is -3.07. The summed E-state index contributed by atoms with van der Waals surface area (Å²) in [7, 11) is 0. The van der Waals surface area contributed by atoms with Gasteiger partial charge in [0.15, 0.2) is 0 Å². The summed E-state index contributed by atoms with van der Waals surface area (Å²) >= 11 is 0. The van der Waals surface area contributed by atoms with Crippen LogP contribution in [0.4, 0.5) is 13.2 Å². The van der Waals surface area contributed by atoms with Crippen LogP contribution in [0.3, 0.4) is 0 Å². The first-order chi connectivity index (χ1) is 13.8. The minimum Gasteiger partial charge on any atom is -0.376 e. The number of pyridine rings is 1. The molecule has 2 aromatic heterocycles. The van der Waals surface area contributed by atoms with E-state index >= 15 is 0 Å². The second-order valence-electron chi connectivity index (χ2n) is 6.88. The van der Waals surface area contributed by atoms with Crippen LogP contribution in [-0.4, -0.2) is 34.7 Å². The number of fused-ring (bicyclic) bond motifs is 1. The van der Waals surface area contributed by atoms with E-state index in [4.69, 9.17) is 4.74 Å². The fraction of sp³-hybridized carbons (Fsp3) is 0.300. The van der Waals surface area contributed by atoms with E-state index < -0.39 is 17.3 Å². The van der Waals surface area contributed by atoms with Crippen LogP contribution in [0, 0.1) is 0 Å². The summed E-state index contributed by atoms with van der Waals surface area (Å²) in [6.45, 7) is 1.08. The van der Waals surface area contributed by atoms with Gasteiger partial charge in [0.25, 0.3) is 11.5 Å². The fourth-order valence-electron chi connectivity index (χ4n) is 3.40. The summed E-state index contributed by atoms with van der Waals surface area (Å²) < 4.78 is 45.1. The highest BCUT2D eigenvalue weighted by Gasteiger charge is 2.30. The van der Waals surface area contributed by atoms with Crippen molar-refractivity contribution in [2.45, 2.75) is 25.1 Å². The Labute approximate surface area is 163 Å². The van der Waals surface area contributed by atoms with E-state index in [1.165, 1.54) is 22.8 Å². The molecule has 4 rings (SSSR count). The van der Waals surface area contributed by atoms with Crippen molar-refractivity contribution in [3.8, 4) is 5.69 Å². The summed E-state index contributed by atoms with van der Waals surface area (Å²) in [5.41, 5.74) is -0.377. The molecule has 0 bridgehead atoms. The number of hydrogen-bond acceptors (Lipinski definition) is 3. The average molecular weight is 405 g/mol. The van der Waals surface area contributed by atoms with Gasteiger partial charge in [-0.1, -0.05) is 0 Å². The predicted molar refractivity (Wildman–Crippen MR) is 100 cm³/mol. The van der Waals surface area contributed by atoms with E-state index in [1.54, 1.807) is 12.1 Å². The number of H-pyrrole nitrogens is 1. The van der Waals surface area contributed by atoms with E-state index in [2.05, 4.69) is 10.3 Å². The van der Waals surface area contributed by atoms with E-state index in [0.717, 1.165) is 25.0 Å². The van der Waals surface area contributed by atoms with Crippen LogP contribution in [0.2, 0.25) is 0 Å². The zero-order valence-corrected chi connectivity index (χ0v) is 15.3. The van der Waals surface area contributed by atoms with E-state index in [-0.39, 0.29) is 23.4 Å². The Morgan fingerprint density at radius 2 is 1.97 bits per heavy atom. The van der Waals surface area contributed by atoms with Gasteiger partial charge in [0.1, 0.15) is 11.3 Å². The van der Waals surface area contributed by atoms with Gasteiger partial charge in [0.05, 0.1) is 17.4 Å². The first-order valence-corrected chi connectivity index (χ1v) is 9.15. The third kappa shape index (κ3) is 3.91. The molecule has 2 N–H and O–H groups in total. The lowest BCUT2D eigenvalue weighted by molar-refractivity contribution is -0.137. The number of benzene rings is 1. The largest absolute Gasteiger partial charge is 0.416 e. The molecule has 9 heteroatoms. The molecule has 1 fully saturated rings. The van der Waals surface area contributed by atoms with Gasteiger partial charge in [0, 0.05) is 24.6 Å². The van der Waals surface area contributed by atoms with Crippen molar-refractivity contribution in [2.24, 2.45) is 0 Å². The molecule has 3 aromatic rings. The number of aromatic nitrogens is 2. The van der Waals surface area contributed by atoms with Crippen molar-refractivity contribution in [3.05, 3.63) is 64.1 Å². The lowest BCUT2D eigenvalue weighted by Crippen LogP contribution is -2.31. The van der Waals surface area contributed by atoms with E-state index in [0.29, 0.717) is 24.2 Å². The van der Waals surface area contributed by atoms with Gasteiger partial charge in [0.2, 0.25) is 0 Å². The monoisotopic (exact) mass is 405 g/mol. The number of aromatic amines is 1. The van der Waals surface area contributed by atoms with Gasteiger partial charge >= 0.3 is 6.18 Å². The van der Waals surface area contributed by atoms with Crippen molar-refractivity contribution in [1.82, 2.24) is 14.9 Å². The second-order valence-corrected chi connectivity index (χ2v) is 6.88. The number of alkyl halides is 3. The zero-order valence-electron chi connectivity index (χ0n) is 15.3. The first-order valence-electron chi connectivity index (χ1n) is 9.15. The summed E-state index contributed by atoms with van der Waals surface area (Å²) in [5.74, 6) is -0.344. The number of carbonyl (C=O) groups excluding carboxylic acids is 1. The highest BCUT2D eigenvalue weighted by Crippen LogP contribution is 2.29. The lowest BCUT2D eigenvalue weighted by Gasteiger charge is -2.10. The molecular formula is C20H18F3N3O3. The Morgan fingerprint density at radius 1 is 1.21 bits per heavy atom. The van der Waals surface area contributed by atoms with Gasteiger partial charge in [-0.05, 0) is 49.2 Å². The highest BCUT2D eigenvalue weighted by molar-refractivity contribution is 5.97. The predicted octanol–water partition coefficient (Wildman–Crippen LogP) is 3.25. The molecule has 3 heterocycles. The lowest BCUT2D eigenvalue weighted by atomic mass is 10.2. The molecule has 1 saturated heterocycles. The zero-order chi connectivity index (χ0) is 20.6. The van der Waals surface area contributed by atoms with Crippen LogP contribution in [-0.2, 0) is 10.9 Å². The number of halogens is 3. The first kappa shape index (κ1) is 19.3.